The minimum Gasteiger partial charge on any atom is -0.449 e. The molecule has 1 heterocycles. The first-order valence-corrected chi connectivity index (χ1v) is 9.23. The first-order valence-electron chi connectivity index (χ1n) is 9.23. The number of primary amides is 1. The average Bonchev–Trinajstić information content (AvgIpc) is 2.68. The molecule has 156 valence electrons. The van der Waals surface area contributed by atoms with Gasteiger partial charge in [-0.05, 0) is 51.1 Å². The lowest BCUT2D eigenvalue weighted by atomic mass is 9.95. The van der Waals surface area contributed by atoms with Crippen LogP contribution in [0.2, 0.25) is 0 Å². The standard InChI is InChI=1S/C21H22N4O5/c1-12(30-18(27)13-7-6-8-14(11-13)23-20(22)29)17(26)25-16-10-5-4-9-15(16)24-19(28)21(25,2)3/h4-12H,1-3H3,(H,24,28)(H3,22,23,29)/t12-/m1/s1. The van der Waals surface area contributed by atoms with Gasteiger partial charge in [0.1, 0.15) is 5.54 Å². The number of nitrogens with zero attached hydrogens (tertiary/aromatic N) is 1. The van der Waals surface area contributed by atoms with Crippen molar-refractivity contribution >= 4 is 40.9 Å². The molecule has 0 fully saturated rings. The molecular formula is C21H22N4O5. The Labute approximate surface area is 173 Å². The van der Waals surface area contributed by atoms with Crippen LogP contribution in [-0.2, 0) is 14.3 Å². The van der Waals surface area contributed by atoms with E-state index in [2.05, 4.69) is 10.6 Å². The normalized spacial score (nSPS) is 15.4. The Bertz CT molecular complexity index is 1030. The molecule has 4 N–H and O–H groups in total. The van der Waals surface area contributed by atoms with Gasteiger partial charge in [0, 0.05) is 5.69 Å². The number of esters is 1. The number of ether oxygens (including phenoxy) is 1. The molecule has 1 aliphatic rings. The Balaban J connectivity index is 1.83. The van der Waals surface area contributed by atoms with Gasteiger partial charge in [-0.3, -0.25) is 14.5 Å². The largest absolute Gasteiger partial charge is 0.449 e. The van der Waals surface area contributed by atoms with Gasteiger partial charge >= 0.3 is 12.0 Å². The lowest BCUT2D eigenvalue weighted by molar-refractivity contribution is -0.131. The zero-order valence-corrected chi connectivity index (χ0v) is 16.8. The monoisotopic (exact) mass is 410 g/mol. The summed E-state index contributed by atoms with van der Waals surface area (Å²) in [5.74, 6) is -1.64. The number of rotatable bonds is 4. The third kappa shape index (κ3) is 3.95. The number of fused-ring (bicyclic) bond motifs is 1. The van der Waals surface area contributed by atoms with E-state index in [4.69, 9.17) is 10.5 Å². The number of nitrogens with two attached hydrogens (primary N) is 1. The number of anilines is 3. The lowest BCUT2D eigenvalue weighted by Crippen LogP contribution is -2.60. The van der Waals surface area contributed by atoms with Gasteiger partial charge in [0.05, 0.1) is 16.9 Å². The molecule has 0 aliphatic carbocycles. The summed E-state index contributed by atoms with van der Waals surface area (Å²) in [6, 6.07) is 12.1. The number of hydrogen-bond acceptors (Lipinski definition) is 5. The maximum atomic E-state index is 13.2. The fourth-order valence-electron chi connectivity index (χ4n) is 3.17. The van der Waals surface area contributed by atoms with E-state index in [1.165, 1.54) is 24.0 Å². The number of benzene rings is 2. The molecule has 2 aromatic carbocycles. The minimum absolute atomic E-state index is 0.136. The van der Waals surface area contributed by atoms with Crippen molar-refractivity contribution in [1.82, 2.24) is 0 Å². The molecule has 2 aromatic rings. The zero-order valence-electron chi connectivity index (χ0n) is 16.8. The molecule has 4 amide bonds. The summed E-state index contributed by atoms with van der Waals surface area (Å²) in [6.07, 6.45) is -1.16. The van der Waals surface area contributed by atoms with E-state index < -0.39 is 29.6 Å². The molecule has 0 aromatic heterocycles. The first-order chi connectivity index (χ1) is 14.1. The maximum Gasteiger partial charge on any atom is 0.338 e. The maximum absolute atomic E-state index is 13.2. The quantitative estimate of drug-likeness (QED) is 0.667. The van der Waals surface area contributed by atoms with Crippen molar-refractivity contribution in [3.8, 4) is 0 Å². The van der Waals surface area contributed by atoms with Gasteiger partial charge < -0.3 is 21.1 Å². The van der Waals surface area contributed by atoms with Crippen LogP contribution in [-0.4, -0.2) is 35.5 Å². The van der Waals surface area contributed by atoms with Gasteiger partial charge in [-0.2, -0.15) is 0 Å². The summed E-state index contributed by atoms with van der Waals surface area (Å²) in [7, 11) is 0. The Morgan fingerprint density at radius 1 is 1.13 bits per heavy atom. The van der Waals surface area contributed by atoms with E-state index in [1.807, 2.05) is 0 Å². The van der Waals surface area contributed by atoms with Crippen LogP contribution in [0.5, 0.6) is 0 Å². The van der Waals surface area contributed by atoms with E-state index in [0.717, 1.165) is 0 Å². The van der Waals surface area contributed by atoms with Gasteiger partial charge in [-0.1, -0.05) is 18.2 Å². The predicted molar refractivity (Wildman–Crippen MR) is 111 cm³/mol. The molecule has 0 unspecified atom stereocenters. The van der Waals surface area contributed by atoms with Crippen molar-refractivity contribution in [3.05, 3.63) is 54.1 Å². The van der Waals surface area contributed by atoms with Gasteiger partial charge in [-0.15, -0.1) is 0 Å². The van der Waals surface area contributed by atoms with Crippen molar-refractivity contribution < 1.29 is 23.9 Å². The van der Waals surface area contributed by atoms with Crippen LogP contribution < -0.4 is 21.3 Å². The zero-order chi connectivity index (χ0) is 22.1. The summed E-state index contributed by atoms with van der Waals surface area (Å²) >= 11 is 0. The molecule has 0 saturated heterocycles. The summed E-state index contributed by atoms with van der Waals surface area (Å²) in [4.78, 5) is 50.6. The van der Waals surface area contributed by atoms with Crippen LogP contribution in [0, 0.1) is 0 Å². The Morgan fingerprint density at radius 2 is 1.83 bits per heavy atom. The van der Waals surface area contributed by atoms with Gasteiger partial charge in [0.15, 0.2) is 6.10 Å². The lowest BCUT2D eigenvalue weighted by Gasteiger charge is -2.42. The number of amides is 4. The SMILES string of the molecule is C[C@@H](OC(=O)c1cccc(NC(N)=O)c1)C(=O)N1c2ccccc2NC(=O)C1(C)C. The van der Waals surface area contributed by atoms with Crippen LogP contribution >= 0.6 is 0 Å². The van der Waals surface area contributed by atoms with Crippen molar-refractivity contribution in [1.29, 1.82) is 0 Å². The molecule has 0 bridgehead atoms. The molecule has 0 spiro atoms. The topological polar surface area (TPSA) is 131 Å². The van der Waals surface area contributed by atoms with E-state index in [9.17, 15) is 19.2 Å². The van der Waals surface area contributed by atoms with Crippen molar-refractivity contribution in [2.24, 2.45) is 5.73 Å². The Morgan fingerprint density at radius 3 is 2.53 bits per heavy atom. The second-order valence-electron chi connectivity index (χ2n) is 7.32. The van der Waals surface area contributed by atoms with Crippen LogP contribution in [0.25, 0.3) is 0 Å². The van der Waals surface area contributed by atoms with E-state index in [1.54, 1.807) is 50.2 Å². The Hall–Kier alpha value is -3.88. The summed E-state index contributed by atoms with van der Waals surface area (Å²) in [6.45, 7) is 4.67. The van der Waals surface area contributed by atoms with E-state index in [0.29, 0.717) is 17.1 Å². The van der Waals surface area contributed by atoms with Crippen LogP contribution in [0.15, 0.2) is 48.5 Å². The number of hydrogen-bond donors (Lipinski definition) is 3. The van der Waals surface area contributed by atoms with Gasteiger partial charge in [0.25, 0.3) is 5.91 Å². The molecule has 0 radical (unpaired) electrons. The predicted octanol–water partition coefficient (Wildman–Crippen LogP) is 2.49. The highest BCUT2D eigenvalue weighted by atomic mass is 16.5. The van der Waals surface area contributed by atoms with Crippen molar-refractivity contribution in [3.63, 3.8) is 0 Å². The van der Waals surface area contributed by atoms with Crippen LogP contribution in [0.4, 0.5) is 21.9 Å². The molecule has 30 heavy (non-hydrogen) atoms. The molecule has 3 rings (SSSR count). The molecular weight excluding hydrogens is 388 g/mol. The van der Waals surface area contributed by atoms with Crippen LogP contribution in [0.1, 0.15) is 31.1 Å². The third-order valence-electron chi connectivity index (χ3n) is 4.73. The second kappa shape index (κ2) is 7.86. The minimum atomic E-state index is -1.18. The number of carbonyl (C=O) groups is 4. The smallest absolute Gasteiger partial charge is 0.338 e. The highest BCUT2D eigenvalue weighted by Gasteiger charge is 2.45. The molecule has 1 aliphatic heterocycles. The fourth-order valence-corrected chi connectivity index (χ4v) is 3.17. The van der Waals surface area contributed by atoms with Crippen molar-refractivity contribution in [2.45, 2.75) is 32.4 Å². The highest BCUT2D eigenvalue weighted by Crippen LogP contribution is 2.37. The van der Waals surface area contributed by atoms with E-state index in [-0.39, 0.29) is 11.5 Å². The van der Waals surface area contributed by atoms with E-state index >= 15 is 0 Å². The molecule has 9 nitrogen and oxygen atoms in total. The average molecular weight is 410 g/mol. The van der Waals surface area contributed by atoms with Gasteiger partial charge in [-0.25, -0.2) is 9.59 Å². The van der Waals surface area contributed by atoms with Crippen molar-refractivity contribution in [2.75, 3.05) is 15.5 Å². The molecule has 1 atom stereocenters. The first kappa shape index (κ1) is 20.8. The molecule has 9 heteroatoms. The Kier molecular flexibility index (Phi) is 5.46. The third-order valence-corrected chi connectivity index (χ3v) is 4.73. The van der Waals surface area contributed by atoms with Gasteiger partial charge in [0.2, 0.25) is 5.91 Å². The number of nitrogens with one attached hydrogen (secondary N) is 2. The summed E-state index contributed by atoms with van der Waals surface area (Å²) < 4.78 is 5.35. The molecule has 0 saturated carbocycles. The number of carbonyl (C=O) groups excluding carboxylic acids is 4. The summed E-state index contributed by atoms with van der Waals surface area (Å²) in [5.41, 5.74) is 5.37. The highest BCUT2D eigenvalue weighted by molar-refractivity contribution is 6.15. The van der Waals surface area contributed by atoms with Crippen LogP contribution in [0.3, 0.4) is 0 Å². The fraction of sp³-hybridized carbons (Fsp3) is 0.238. The second-order valence-corrected chi connectivity index (χ2v) is 7.32. The summed E-state index contributed by atoms with van der Waals surface area (Å²) in [5, 5.41) is 5.14. The number of para-hydroxylation sites is 2. The number of urea groups is 1.